The predicted molar refractivity (Wildman–Crippen MR) is 22.1 cm³/mol. The maximum atomic E-state index is 0. The summed E-state index contributed by atoms with van der Waals surface area (Å²) in [5, 5.41) is 0. The first kappa shape index (κ1) is 24.2. The Hall–Kier alpha value is 4.14. The van der Waals surface area contributed by atoms with Gasteiger partial charge in [-0.25, -0.2) is 0 Å². The molecule has 0 aromatic rings. The molecule has 0 fully saturated rings. The van der Waals surface area contributed by atoms with Crippen molar-refractivity contribution in [3.63, 3.8) is 0 Å². The van der Waals surface area contributed by atoms with E-state index in [2.05, 4.69) is 0 Å². The van der Waals surface area contributed by atoms with Crippen LogP contribution in [0.15, 0.2) is 0 Å². The van der Waals surface area contributed by atoms with Crippen LogP contribution >= 0.6 is 0 Å². The summed E-state index contributed by atoms with van der Waals surface area (Å²) in [6.07, 6.45) is 0. The van der Waals surface area contributed by atoms with E-state index in [1.807, 2.05) is 0 Å². The van der Waals surface area contributed by atoms with Gasteiger partial charge in [0.15, 0.2) is 0 Å². The molecule has 0 radical (unpaired) electrons. The summed E-state index contributed by atoms with van der Waals surface area (Å²) in [7, 11) is 0. The summed E-state index contributed by atoms with van der Waals surface area (Å²) in [5.74, 6) is 0. The Morgan fingerprint density at radius 1 is 1.25 bits per heavy atom. The Morgan fingerprint density at radius 3 is 1.25 bits per heavy atom. The topological polar surface area (TPSA) is 0 Å². The van der Waals surface area contributed by atoms with Crippen molar-refractivity contribution < 1.29 is 83.8 Å². The van der Waals surface area contributed by atoms with E-state index >= 15 is 0 Å². The summed E-state index contributed by atoms with van der Waals surface area (Å²) < 4.78 is 0. The zero-order chi connectivity index (χ0) is 0. The van der Waals surface area contributed by atoms with E-state index in [1.165, 1.54) is 0 Å². The standard InChI is InChI=1S/Ga.In.K.Na.8H/q;;2*+1;;;;;;;2*-1. The van der Waals surface area contributed by atoms with Gasteiger partial charge in [-0.1, -0.05) is 0 Å². The molecule has 0 saturated heterocycles. The molecule has 0 N–H and O–H groups in total. The third-order valence-electron chi connectivity index (χ3n) is 0. The van der Waals surface area contributed by atoms with Crippen molar-refractivity contribution in [2.45, 2.75) is 0 Å². The summed E-state index contributed by atoms with van der Waals surface area (Å²) >= 11 is 0. The van der Waals surface area contributed by atoms with Crippen LogP contribution in [0, 0.1) is 0 Å². The fourth-order valence-corrected chi connectivity index (χ4v) is 0. The van der Waals surface area contributed by atoms with Gasteiger partial charge < -0.3 is 2.85 Å². The molecule has 0 saturated carbocycles. The maximum Gasteiger partial charge on any atom is 1.00 e. The SMILES string of the molecule is [GaH3].[H-].[H-].[InH3].[K+].[Na+]. The first-order chi connectivity index (χ1) is 0. The van der Waals surface area contributed by atoms with E-state index < -0.39 is 0 Å². The van der Waals surface area contributed by atoms with Gasteiger partial charge in [0.25, 0.3) is 0 Å². The van der Waals surface area contributed by atoms with Crippen molar-refractivity contribution in [3.8, 4) is 0 Å². The summed E-state index contributed by atoms with van der Waals surface area (Å²) in [6.45, 7) is 0. The fourth-order valence-electron chi connectivity index (χ4n) is 0. The minimum absolute atomic E-state index is 0. The average molecular weight is 255 g/mol. The Bertz CT molecular complexity index is 13.5. The largest absolute Gasteiger partial charge is 1.00 e. The van der Waals surface area contributed by atoms with Crippen molar-refractivity contribution in [2.24, 2.45) is 0 Å². The molecule has 0 heterocycles. The third kappa shape index (κ3) is 9.47. The van der Waals surface area contributed by atoms with Crippen LogP contribution in [-0.4, -0.2) is 45.6 Å². The van der Waals surface area contributed by atoms with E-state index in [4.69, 9.17) is 0 Å². The molecule has 0 atom stereocenters. The molecule has 0 aromatic carbocycles. The minimum Gasteiger partial charge on any atom is 1.00 e. The van der Waals surface area contributed by atoms with Crippen LogP contribution in [0.1, 0.15) is 2.85 Å². The number of rotatable bonds is 0. The van der Waals surface area contributed by atoms with Crippen molar-refractivity contribution in [3.05, 3.63) is 0 Å². The quantitative estimate of drug-likeness (QED) is 0.377. The molecular formula is H8GaInKNa. The van der Waals surface area contributed by atoms with Gasteiger partial charge in [0.1, 0.15) is 0 Å². The first-order valence-electron chi connectivity index (χ1n) is 0. The van der Waals surface area contributed by atoms with Gasteiger partial charge in [0, 0.05) is 0 Å². The predicted octanol–water partition coefficient (Wildman–Crippen LogP) is -8.13. The van der Waals surface area contributed by atoms with E-state index in [0.717, 1.165) is 0 Å². The summed E-state index contributed by atoms with van der Waals surface area (Å²) in [5.41, 5.74) is 0. The number of hydrogen-bond acceptors (Lipinski definition) is 0. The fraction of sp³-hybridized carbons (Fsp3) is 0. The van der Waals surface area contributed by atoms with Crippen LogP contribution < -0.4 is 80.9 Å². The third-order valence-corrected chi connectivity index (χ3v) is 0. The van der Waals surface area contributed by atoms with Gasteiger partial charge >= 0.3 is 127 Å². The molecule has 0 aliphatic rings. The first-order valence-corrected chi connectivity index (χ1v) is 0. The molecule has 0 nitrogen and oxygen atoms in total. The van der Waals surface area contributed by atoms with Crippen LogP contribution in [0.4, 0.5) is 0 Å². The molecule has 0 spiro atoms. The summed E-state index contributed by atoms with van der Waals surface area (Å²) in [6, 6.07) is 0. The molecule has 16 valence electrons. The van der Waals surface area contributed by atoms with Crippen LogP contribution in [0.25, 0.3) is 0 Å². The van der Waals surface area contributed by atoms with E-state index in [9.17, 15) is 0 Å². The van der Waals surface area contributed by atoms with Crippen molar-refractivity contribution in [2.75, 3.05) is 0 Å². The molecule has 0 bridgehead atoms. The van der Waals surface area contributed by atoms with Crippen molar-refractivity contribution in [1.82, 2.24) is 0 Å². The Balaban J connectivity index is 0. The van der Waals surface area contributed by atoms with E-state index in [0.29, 0.717) is 0 Å². The molecule has 0 aliphatic heterocycles. The smallest absolute Gasteiger partial charge is 1.00 e. The van der Waals surface area contributed by atoms with Crippen LogP contribution in [-0.2, 0) is 0 Å². The zero-order valence-corrected chi connectivity index (χ0v) is 7.12. The van der Waals surface area contributed by atoms with Gasteiger partial charge in [-0.15, -0.1) is 0 Å². The Morgan fingerprint density at radius 2 is 1.25 bits per heavy atom. The Kier molecular flexibility index (Phi) is 95.0. The maximum absolute atomic E-state index is 0. The molecular weight excluding hydrogens is 247 g/mol. The van der Waals surface area contributed by atoms with Crippen molar-refractivity contribution in [1.29, 1.82) is 0 Å². The molecule has 4 heteroatoms. The normalized spacial score (nSPS) is 0. The Labute approximate surface area is 126 Å². The molecule has 0 unspecified atom stereocenters. The van der Waals surface area contributed by atoms with Gasteiger partial charge in [-0.3, -0.25) is 0 Å². The van der Waals surface area contributed by atoms with Gasteiger partial charge in [-0.05, 0) is 0 Å². The van der Waals surface area contributed by atoms with Crippen LogP contribution in [0.2, 0.25) is 0 Å². The molecule has 4 heavy (non-hydrogen) atoms. The average Bonchev–Trinajstić information content (AvgIpc) is 0. The van der Waals surface area contributed by atoms with E-state index in [1.54, 1.807) is 0 Å². The molecule has 0 amide bonds. The monoisotopic (exact) mass is 254 g/mol. The summed E-state index contributed by atoms with van der Waals surface area (Å²) in [4.78, 5) is 0. The second-order valence-corrected chi connectivity index (χ2v) is 0. The second kappa shape index (κ2) is 15.7. The van der Waals surface area contributed by atoms with Crippen molar-refractivity contribution >= 4 is 45.6 Å². The van der Waals surface area contributed by atoms with Gasteiger partial charge in [0.2, 0.25) is 0 Å². The molecule has 0 aliphatic carbocycles. The minimum atomic E-state index is 0. The second-order valence-electron chi connectivity index (χ2n) is 0. The van der Waals surface area contributed by atoms with Gasteiger partial charge in [0.05, 0.1) is 0 Å². The molecule has 0 rings (SSSR count). The van der Waals surface area contributed by atoms with Gasteiger partial charge in [-0.2, -0.15) is 0 Å². The zero-order valence-electron chi connectivity index (χ0n) is 4.00. The molecule has 0 aromatic heterocycles. The number of hydrogen-bond donors (Lipinski definition) is 0. The van der Waals surface area contributed by atoms with Crippen LogP contribution in [0.5, 0.6) is 0 Å². The van der Waals surface area contributed by atoms with E-state index in [-0.39, 0.29) is 129 Å². The van der Waals surface area contributed by atoms with Crippen LogP contribution in [0.3, 0.4) is 0 Å².